The Kier molecular flexibility index (Phi) is 6.78. The number of carbonyl (C=O) groups excluding carboxylic acids is 1. The molecule has 0 fully saturated rings. The van der Waals surface area contributed by atoms with E-state index in [1.54, 1.807) is 19.5 Å². The number of pyridine rings is 1. The van der Waals surface area contributed by atoms with E-state index in [9.17, 15) is 4.79 Å². The highest BCUT2D eigenvalue weighted by atomic mass is 16.5. The van der Waals surface area contributed by atoms with Crippen LogP contribution in [0.15, 0.2) is 54.9 Å². The quantitative estimate of drug-likeness (QED) is 0.617. The number of benzene rings is 1. The van der Waals surface area contributed by atoms with Gasteiger partial charge in [0.25, 0.3) is 5.91 Å². The van der Waals surface area contributed by atoms with E-state index in [4.69, 9.17) is 4.74 Å². The maximum Gasteiger partial charge on any atom is 0.274 e. The molecule has 6 heteroatoms. The molecule has 0 bridgehead atoms. The molecule has 3 rings (SSSR count). The summed E-state index contributed by atoms with van der Waals surface area (Å²) in [6.45, 7) is 3.23. The van der Waals surface area contributed by atoms with Gasteiger partial charge in [0.15, 0.2) is 0 Å². The van der Waals surface area contributed by atoms with Crippen molar-refractivity contribution in [3.63, 3.8) is 0 Å². The Bertz CT molecular complexity index is 875. The number of hydrogen-bond donors (Lipinski definition) is 1. The minimum absolute atomic E-state index is 0.0658. The van der Waals surface area contributed by atoms with Crippen LogP contribution in [0.4, 0.5) is 0 Å². The van der Waals surface area contributed by atoms with E-state index in [-0.39, 0.29) is 5.91 Å². The van der Waals surface area contributed by atoms with Crippen LogP contribution in [0, 0.1) is 0 Å². The molecule has 0 aliphatic rings. The number of amides is 1. The molecule has 3 aromatic rings. The SMILES string of the molecule is CCCc1cc(C(=O)N(CCc2ccc(OC)cc2)Cc2ccncc2)n[nH]1. The van der Waals surface area contributed by atoms with Crippen LogP contribution in [0.1, 0.15) is 40.7 Å². The molecule has 1 aromatic carbocycles. The summed E-state index contributed by atoms with van der Waals surface area (Å²) in [5, 5.41) is 7.20. The molecule has 28 heavy (non-hydrogen) atoms. The van der Waals surface area contributed by atoms with Crippen LogP contribution >= 0.6 is 0 Å². The molecular weight excluding hydrogens is 352 g/mol. The molecule has 0 saturated heterocycles. The van der Waals surface area contributed by atoms with Crippen LogP contribution < -0.4 is 4.74 Å². The lowest BCUT2D eigenvalue weighted by atomic mass is 10.1. The topological polar surface area (TPSA) is 71.1 Å². The predicted octanol–water partition coefficient (Wildman–Crippen LogP) is 3.65. The number of carbonyl (C=O) groups is 1. The highest BCUT2D eigenvalue weighted by Crippen LogP contribution is 2.14. The van der Waals surface area contributed by atoms with E-state index in [0.717, 1.165) is 41.8 Å². The molecule has 1 N–H and O–H groups in total. The number of aryl methyl sites for hydroxylation is 1. The Morgan fingerprint density at radius 2 is 1.82 bits per heavy atom. The van der Waals surface area contributed by atoms with E-state index >= 15 is 0 Å². The summed E-state index contributed by atoms with van der Waals surface area (Å²) in [6, 6.07) is 13.7. The zero-order chi connectivity index (χ0) is 19.8. The van der Waals surface area contributed by atoms with E-state index in [0.29, 0.717) is 18.8 Å². The Morgan fingerprint density at radius 3 is 2.50 bits per heavy atom. The first-order valence-electron chi connectivity index (χ1n) is 9.55. The van der Waals surface area contributed by atoms with Gasteiger partial charge < -0.3 is 9.64 Å². The van der Waals surface area contributed by atoms with Crippen molar-refractivity contribution >= 4 is 5.91 Å². The van der Waals surface area contributed by atoms with Crippen molar-refractivity contribution in [1.82, 2.24) is 20.1 Å². The largest absolute Gasteiger partial charge is 0.497 e. The number of nitrogens with one attached hydrogen (secondary N) is 1. The zero-order valence-corrected chi connectivity index (χ0v) is 16.4. The fraction of sp³-hybridized carbons (Fsp3) is 0.318. The number of nitrogens with zero attached hydrogens (tertiary/aromatic N) is 3. The van der Waals surface area contributed by atoms with Crippen LogP contribution in [0.2, 0.25) is 0 Å². The Balaban J connectivity index is 1.74. The number of aromatic nitrogens is 3. The summed E-state index contributed by atoms with van der Waals surface area (Å²) in [7, 11) is 1.65. The van der Waals surface area contributed by atoms with Crippen molar-refractivity contribution in [2.24, 2.45) is 0 Å². The second-order valence-corrected chi connectivity index (χ2v) is 6.71. The van der Waals surface area contributed by atoms with Gasteiger partial charge in [-0.3, -0.25) is 14.9 Å². The van der Waals surface area contributed by atoms with Gasteiger partial charge >= 0.3 is 0 Å². The molecule has 2 heterocycles. The number of rotatable bonds is 9. The van der Waals surface area contributed by atoms with Crippen molar-refractivity contribution in [3.05, 3.63) is 77.4 Å². The molecule has 0 saturated carbocycles. The van der Waals surface area contributed by atoms with Crippen LogP contribution in [0.3, 0.4) is 0 Å². The summed E-state index contributed by atoms with van der Waals surface area (Å²) < 4.78 is 5.21. The monoisotopic (exact) mass is 378 g/mol. The van der Waals surface area contributed by atoms with Crippen LogP contribution in [0.5, 0.6) is 5.75 Å². The van der Waals surface area contributed by atoms with Gasteiger partial charge in [-0.05, 0) is 54.3 Å². The standard InChI is InChI=1S/C22H26N4O2/c1-3-4-19-15-21(25-24-19)22(27)26(16-18-9-12-23-13-10-18)14-11-17-5-7-20(28-2)8-6-17/h5-10,12-13,15H,3-4,11,14,16H2,1-2H3,(H,24,25). The van der Waals surface area contributed by atoms with Crippen molar-refractivity contribution in [2.45, 2.75) is 32.7 Å². The second kappa shape index (κ2) is 9.69. The highest BCUT2D eigenvalue weighted by molar-refractivity contribution is 5.92. The van der Waals surface area contributed by atoms with Crippen molar-refractivity contribution in [3.8, 4) is 5.75 Å². The normalized spacial score (nSPS) is 10.6. The number of H-pyrrole nitrogens is 1. The third-order valence-corrected chi connectivity index (χ3v) is 4.61. The predicted molar refractivity (Wildman–Crippen MR) is 108 cm³/mol. The fourth-order valence-corrected chi connectivity index (χ4v) is 3.05. The molecule has 0 unspecified atom stereocenters. The molecule has 0 radical (unpaired) electrons. The molecule has 1 amide bonds. The van der Waals surface area contributed by atoms with Gasteiger partial charge in [-0.15, -0.1) is 0 Å². The van der Waals surface area contributed by atoms with E-state index in [1.807, 2.05) is 47.4 Å². The Hall–Kier alpha value is -3.15. The van der Waals surface area contributed by atoms with Gasteiger partial charge in [-0.1, -0.05) is 25.5 Å². The highest BCUT2D eigenvalue weighted by Gasteiger charge is 2.19. The average Bonchev–Trinajstić information content (AvgIpc) is 3.20. The summed E-state index contributed by atoms with van der Waals surface area (Å²) in [5.41, 5.74) is 3.65. The molecular formula is C22H26N4O2. The summed E-state index contributed by atoms with van der Waals surface area (Å²) in [4.78, 5) is 19.0. The van der Waals surface area contributed by atoms with E-state index in [2.05, 4.69) is 22.1 Å². The zero-order valence-electron chi connectivity index (χ0n) is 16.4. The minimum Gasteiger partial charge on any atom is -0.497 e. The lowest BCUT2D eigenvalue weighted by molar-refractivity contribution is 0.0739. The molecule has 146 valence electrons. The number of aromatic amines is 1. The van der Waals surface area contributed by atoms with Crippen LogP contribution in [-0.2, 0) is 19.4 Å². The lowest BCUT2D eigenvalue weighted by Gasteiger charge is -2.22. The summed E-state index contributed by atoms with van der Waals surface area (Å²) in [5.74, 6) is 0.761. The first kappa shape index (κ1) is 19.6. The Labute approximate surface area is 165 Å². The number of methoxy groups -OCH3 is 1. The maximum absolute atomic E-state index is 13.1. The summed E-state index contributed by atoms with van der Waals surface area (Å²) >= 11 is 0. The van der Waals surface area contributed by atoms with Crippen molar-refractivity contribution in [1.29, 1.82) is 0 Å². The van der Waals surface area contributed by atoms with Gasteiger partial charge in [-0.25, -0.2) is 0 Å². The summed E-state index contributed by atoms with van der Waals surface area (Å²) in [6.07, 6.45) is 6.14. The minimum atomic E-state index is -0.0658. The first-order chi connectivity index (χ1) is 13.7. The maximum atomic E-state index is 13.1. The molecule has 0 aliphatic heterocycles. The lowest BCUT2D eigenvalue weighted by Crippen LogP contribution is -2.32. The van der Waals surface area contributed by atoms with Gasteiger partial charge in [0.2, 0.25) is 0 Å². The van der Waals surface area contributed by atoms with Crippen LogP contribution in [-0.4, -0.2) is 39.6 Å². The first-order valence-corrected chi connectivity index (χ1v) is 9.55. The van der Waals surface area contributed by atoms with Gasteiger partial charge in [0.05, 0.1) is 7.11 Å². The number of hydrogen-bond acceptors (Lipinski definition) is 4. The molecule has 0 atom stereocenters. The van der Waals surface area contributed by atoms with Crippen molar-refractivity contribution < 1.29 is 9.53 Å². The Morgan fingerprint density at radius 1 is 1.07 bits per heavy atom. The third kappa shape index (κ3) is 5.19. The smallest absolute Gasteiger partial charge is 0.274 e. The fourth-order valence-electron chi connectivity index (χ4n) is 3.05. The molecule has 0 aliphatic carbocycles. The third-order valence-electron chi connectivity index (χ3n) is 4.61. The molecule has 0 spiro atoms. The van der Waals surface area contributed by atoms with E-state index in [1.165, 1.54) is 0 Å². The molecule has 6 nitrogen and oxygen atoms in total. The van der Waals surface area contributed by atoms with Crippen molar-refractivity contribution in [2.75, 3.05) is 13.7 Å². The average molecular weight is 378 g/mol. The van der Waals surface area contributed by atoms with Gasteiger partial charge in [0.1, 0.15) is 11.4 Å². The second-order valence-electron chi connectivity index (χ2n) is 6.71. The van der Waals surface area contributed by atoms with Crippen LogP contribution in [0.25, 0.3) is 0 Å². The van der Waals surface area contributed by atoms with Gasteiger partial charge in [-0.2, -0.15) is 5.10 Å². The van der Waals surface area contributed by atoms with Gasteiger partial charge in [0, 0.05) is 31.2 Å². The number of ether oxygens (including phenoxy) is 1. The molecule has 2 aromatic heterocycles. The van der Waals surface area contributed by atoms with E-state index < -0.39 is 0 Å².